The number of nitrogens with zero attached hydrogens (tertiary/aromatic N) is 1. The second kappa shape index (κ2) is 4.49. The summed E-state index contributed by atoms with van der Waals surface area (Å²) in [6.07, 6.45) is 4.00. The number of carbonyl (C=O) groups excluding carboxylic acids is 1. The summed E-state index contributed by atoms with van der Waals surface area (Å²) in [6.45, 7) is 1.32. The first kappa shape index (κ1) is 10.9. The molecule has 2 N–H and O–H groups in total. The third-order valence-corrected chi connectivity index (χ3v) is 3.70. The van der Waals surface area contributed by atoms with Gasteiger partial charge in [-0.05, 0) is 12.8 Å². The maximum absolute atomic E-state index is 12.1. The number of aliphatic hydroxyl groups excluding tert-OH is 1. The van der Waals surface area contributed by atoms with Gasteiger partial charge in [-0.15, -0.1) is 0 Å². The fourth-order valence-electron chi connectivity index (χ4n) is 2.67. The highest BCUT2D eigenvalue weighted by Crippen LogP contribution is 2.27. The Bertz CT molecular complexity index is 239. The first-order valence-electron chi connectivity index (χ1n) is 5.85. The average Bonchev–Trinajstić information content (AvgIpc) is 2.85. The fraction of sp³-hybridized carbons (Fsp3) is 0.909. The molecule has 1 aliphatic carbocycles. The standard InChI is InChI=1S/C11H20N2O2/c1-13(9-6-12-7-10(9)14)11(15)8-4-2-3-5-8/h8-10,12,14H,2-7H2,1H3. The summed E-state index contributed by atoms with van der Waals surface area (Å²) in [6, 6.07) is -0.0295. The number of hydrogen-bond acceptors (Lipinski definition) is 3. The van der Waals surface area contributed by atoms with Crippen LogP contribution in [0.3, 0.4) is 0 Å². The molecule has 2 fully saturated rings. The molecule has 4 heteroatoms. The van der Waals surface area contributed by atoms with Crippen LogP contribution in [0.5, 0.6) is 0 Å². The van der Waals surface area contributed by atoms with Crippen LogP contribution in [0, 0.1) is 5.92 Å². The van der Waals surface area contributed by atoms with Gasteiger partial charge < -0.3 is 15.3 Å². The predicted octanol–water partition coefficient (Wildman–Crippen LogP) is -0.0323. The van der Waals surface area contributed by atoms with Crippen molar-refractivity contribution in [1.82, 2.24) is 10.2 Å². The molecule has 2 unspecified atom stereocenters. The minimum absolute atomic E-state index is 0.0295. The van der Waals surface area contributed by atoms with E-state index < -0.39 is 6.10 Å². The van der Waals surface area contributed by atoms with Crippen LogP contribution in [0.4, 0.5) is 0 Å². The molecule has 0 spiro atoms. The third-order valence-electron chi connectivity index (χ3n) is 3.70. The van der Waals surface area contributed by atoms with Crippen molar-refractivity contribution in [2.45, 2.75) is 37.8 Å². The molecule has 0 aromatic carbocycles. The van der Waals surface area contributed by atoms with E-state index in [4.69, 9.17) is 0 Å². The molecule has 4 nitrogen and oxygen atoms in total. The van der Waals surface area contributed by atoms with Gasteiger partial charge >= 0.3 is 0 Å². The maximum atomic E-state index is 12.1. The predicted molar refractivity (Wildman–Crippen MR) is 57.4 cm³/mol. The Morgan fingerprint density at radius 1 is 1.33 bits per heavy atom. The van der Waals surface area contributed by atoms with Gasteiger partial charge in [0.25, 0.3) is 0 Å². The molecule has 1 saturated carbocycles. The summed E-state index contributed by atoms with van der Waals surface area (Å²) in [5.41, 5.74) is 0. The quantitative estimate of drug-likeness (QED) is 0.676. The van der Waals surface area contributed by atoms with Gasteiger partial charge in [-0.25, -0.2) is 0 Å². The number of amides is 1. The van der Waals surface area contributed by atoms with Gasteiger partial charge in [-0.3, -0.25) is 4.79 Å². The van der Waals surface area contributed by atoms with Crippen molar-refractivity contribution in [2.75, 3.05) is 20.1 Å². The molecule has 0 bridgehead atoms. The Labute approximate surface area is 90.6 Å². The van der Waals surface area contributed by atoms with Gasteiger partial charge in [0.05, 0.1) is 12.1 Å². The molecular formula is C11H20N2O2. The lowest BCUT2D eigenvalue weighted by molar-refractivity contribution is -0.137. The summed E-state index contributed by atoms with van der Waals surface area (Å²) in [7, 11) is 1.82. The number of aliphatic hydroxyl groups is 1. The minimum Gasteiger partial charge on any atom is -0.390 e. The molecule has 2 aliphatic rings. The minimum atomic E-state index is -0.402. The summed E-state index contributed by atoms with van der Waals surface area (Å²) < 4.78 is 0. The molecule has 0 radical (unpaired) electrons. The molecule has 0 aromatic heterocycles. The van der Waals surface area contributed by atoms with Crippen molar-refractivity contribution in [3.05, 3.63) is 0 Å². The molecule has 15 heavy (non-hydrogen) atoms. The van der Waals surface area contributed by atoms with Crippen molar-refractivity contribution in [3.63, 3.8) is 0 Å². The number of carbonyl (C=O) groups is 1. The lowest BCUT2D eigenvalue weighted by Crippen LogP contribution is -2.46. The van der Waals surface area contributed by atoms with E-state index in [1.165, 1.54) is 12.8 Å². The number of likely N-dealkylation sites (N-methyl/N-ethyl adjacent to an activating group) is 1. The first-order chi connectivity index (χ1) is 7.20. The van der Waals surface area contributed by atoms with E-state index in [0.29, 0.717) is 6.54 Å². The van der Waals surface area contributed by atoms with Crippen LogP contribution in [-0.2, 0) is 4.79 Å². The Balaban J connectivity index is 1.94. The number of rotatable bonds is 2. The van der Waals surface area contributed by atoms with Crippen LogP contribution < -0.4 is 5.32 Å². The molecule has 1 heterocycles. The highest BCUT2D eigenvalue weighted by molar-refractivity contribution is 5.79. The Kier molecular flexibility index (Phi) is 3.26. The summed E-state index contributed by atoms with van der Waals surface area (Å²) in [5, 5.41) is 12.8. The highest BCUT2D eigenvalue weighted by atomic mass is 16.3. The molecule has 2 rings (SSSR count). The van der Waals surface area contributed by atoms with Crippen molar-refractivity contribution in [2.24, 2.45) is 5.92 Å². The van der Waals surface area contributed by atoms with Gasteiger partial charge in [0, 0.05) is 26.1 Å². The topological polar surface area (TPSA) is 52.6 Å². The fourth-order valence-corrected chi connectivity index (χ4v) is 2.67. The second-order valence-corrected chi connectivity index (χ2v) is 4.72. The van der Waals surface area contributed by atoms with E-state index in [1.807, 2.05) is 7.05 Å². The summed E-state index contributed by atoms with van der Waals surface area (Å²) in [5.74, 6) is 0.433. The van der Waals surface area contributed by atoms with Crippen molar-refractivity contribution < 1.29 is 9.90 Å². The molecule has 86 valence electrons. The van der Waals surface area contributed by atoms with Crippen LogP contribution in [0.25, 0.3) is 0 Å². The Morgan fingerprint density at radius 3 is 2.53 bits per heavy atom. The van der Waals surface area contributed by atoms with Gasteiger partial charge in [0.1, 0.15) is 0 Å². The monoisotopic (exact) mass is 212 g/mol. The zero-order chi connectivity index (χ0) is 10.8. The number of hydrogen-bond donors (Lipinski definition) is 2. The van der Waals surface area contributed by atoms with E-state index in [1.54, 1.807) is 4.90 Å². The molecular weight excluding hydrogens is 192 g/mol. The zero-order valence-corrected chi connectivity index (χ0v) is 9.28. The number of nitrogens with one attached hydrogen (secondary N) is 1. The van der Waals surface area contributed by atoms with Gasteiger partial charge in [0.2, 0.25) is 5.91 Å². The smallest absolute Gasteiger partial charge is 0.225 e. The molecule has 1 aliphatic heterocycles. The lowest BCUT2D eigenvalue weighted by atomic mass is 10.0. The summed E-state index contributed by atoms with van der Waals surface area (Å²) in [4.78, 5) is 13.8. The van der Waals surface area contributed by atoms with E-state index in [0.717, 1.165) is 19.4 Å². The normalized spacial score (nSPS) is 32.1. The molecule has 0 aromatic rings. The second-order valence-electron chi connectivity index (χ2n) is 4.72. The SMILES string of the molecule is CN(C(=O)C1CCCC1)C1CNCC1O. The Morgan fingerprint density at radius 2 is 2.00 bits per heavy atom. The molecule has 1 amide bonds. The summed E-state index contributed by atoms with van der Waals surface area (Å²) >= 11 is 0. The van der Waals surface area contributed by atoms with Crippen LogP contribution in [0.1, 0.15) is 25.7 Å². The van der Waals surface area contributed by atoms with E-state index in [2.05, 4.69) is 5.32 Å². The highest BCUT2D eigenvalue weighted by Gasteiger charge is 2.34. The largest absolute Gasteiger partial charge is 0.390 e. The van der Waals surface area contributed by atoms with Crippen molar-refractivity contribution >= 4 is 5.91 Å². The Hall–Kier alpha value is -0.610. The lowest BCUT2D eigenvalue weighted by Gasteiger charge is -2.28. The zero-order valence-electron chi connectivity index (χ0n) is 9.28. The van der Waals surface area contributed by atoms with E-state index in [9.17, 15) is 9.90 Å². The van der Waals surface area contributed by atoms with Crippen LogP contribution in [0.2, 0.25) is 0 Å². The van der Waals surface area contributed by atoms with Gasteiger partial charge in [-0.2, -0.15) is 0 Å². The van der Waals surface area contributed by atoms with Crippen molar-refractivity contribution in [3.8, 4) is 0 Å². The van der Waals surface area contributed by atoms with Crippen LogP contribution in [0.15, 0.2) is 0 Å². The molecule has 1 saturated heterocycles. The first-order valence-corrected chi connectivity index (χ1v) is 5.85. The molecule has 2 atom stereocenters. The van der Waals surface area contributed by atoms with E-state index >= 15 is 0 Å². The van der Waals surface area contributed by atoms with Crippen molar-refractivity contribution in [1.29, 1.82) is 0 Å². The number of β-amino-alcohol motifs (C(OH)–C–C–N with tert-alkyl or cyclic N) is 1. The third kappa shape index (κ3) is 2.16. The van der Waals surface area contributed by atoms with Crippen LogP contribution in [-0.4, -0.2) is 48.2 Å². The van der Waals surface area contributed by atoms with Crippen LogP contribution >= 0.6 is 0 Å². The van der Waals surface area contributed by atoms with Gasteiger partial charge in [0.15, 0.2) is 0 Å². The van der Waals surface area contributed by atoms with Gasteiger partial charge in [-0.1, -0.05) is 12.8 Å². The average molecular weight is 212 g/mol. The maximum Gasteiger partial charge on any atom is 0.225 e. The van der Waals surface area contributed by atoms with E-state index in [-0.39, 0.29) is 17.9 Å².